The third-order valence-electron chi connectivity index (χ3n) is 7.71. The molecule has 0 bridgehead atoms. The molecule has 0 atom stereocenters. The zero-order valence-electron chi connectivity index (χ0n) is 25.7. The van der Waals surface area contributed by atoms with E-state index in [0.29, 0.717) is 5.91 Å². The molecule has 1 aliphatic heterocycles. The van der Waals surface area contributed by atoms with Crippen LogP contribution in [0.2, 0.25) is 0 Å². The highest BCUT2D eigenvalue weighted by Gasteiger charge is 2.23. The maximum atomic E-state index is 12.2. The number of hydrogen-bond acceptors (Lipinski definition) is 5. The molecule has 1 fully saturated rings. The molecule has 2 aromatic heterocycles. The number of benzene rings is 1. The predicted octanol–water partition coefficient (Wildman–Crippen LogP) is 6.86. The van der Waals surface area contributed by atoms with Gasteiger partial charge in [-0.25, -0.2) is 9.97 Å². The molecule has 2 N–H and O–H groups in total. The molecule has 1 amide bonds. The fourth-order valence-electron chi connectivity index (χ4n) is 5.49. The fourth-order valence-corrected chi connectivity index (χ4v) is 5.49. The number of piperidine rings is 1. The van der Waals surface area contributed by atoms with E-state index >= 15 is 0 Å². The van der Waals surface area contributed by atoms with Crippen molar-refractivity contribution in [1.82, 2.24) is 20.0 Å². The lowest BCUT2D eigenvalue weighted by Gasteiger charge is -2.26. The topological polar surface area (TPSA) is 88.9 Å². The minimum Gasteiger partial charge on any atom is -0.343 e. The lowest BCUT2D eigenvalue weighted by Crippen LogP contribution is -2.41. The predicted molar refractivity (Wildman–Crippen MR) is 167 cm³/mol. The van der Waals surface area contributed by atoms with Gasteiger partial charge >= 0.3 is 0 Å². The summed E-state index contributed by atoms with van der Waals surface area (Å²) in [5.41, 5.74) is 11.2. The van der Waals surface area contributed by atoms with E-state index in [9.17, 15) is 4.79 Å². The van der Waals surface area contributed by atoms with Gasteiger partial charge in [-0.05, 0) is 62.6 Å². The summed E-state index contributed by atoms with van der Waals surface area (Å²) in [4.78, 5) is 22.0. The summed E-state index contributed by atoms with van der Waals surface area (Å²) in [6, 6.07) is 12.4. The number of aryl methyl sites for hydroxylation is 2. The third-order valence-corrected chi connectivity index (χ3v) is 7.71. The number of aromatic nitrogens is 4. The van der Waals surface area contributed by atoms with E-state index < -0.39 is 0 Å². The van der Waals surface area contributed by atoms with Crippen molar-refractivity contribution in [3.8, 4) is 11.3 Å². The normalized spacial score (nSPS) is 13.3. The Morgan fingerprint density at radius 2 is 1.49 bits per heavy atom. The molecule has 1 aromatic carbocycles. The SMILES string of the molecule is CC.Cc1ncccn1.Nc1cc2c(n[n+]1CCCCCCCCCCC(=O)N1CCCCC1)-c1ccccc1C2. The van der Waals surface area contributed by atoms with Crippen molar-refractivity contribution in [2.24, 2.45) is 0 Å². The van der Waals surface area contributed by atoms with E-state index in [1.165, 1.54) is 74.5 Å². The van der Waals surface area contributed by atoms with Crippen LogP contribution in [-0.2, 0) is 17.8 Å². The van der Waals surface area contributed by atoms with Gasteiger partial charge in [0.15, 0.2) is 0 Å². The number of carbonyl (C=O) groups excluding carboxylic acids is 1. The Balaban J connectivity index is 0.000000443. The van der Waals surface area contributed by atoms with Crippen molar-refractivity contribution in [2.45, 2.75) is 111 Å². The molecular formula is C34H51N6O+. The molecule has 3 aromatic rings. The van der Waals surface area contributed by atoms with Crippen LogP contribution in [0.4, 0.5) is 5.82 Å². The van der Waals surface area contributed by atoms with E-state index in [4.69, 9.17) is 10.8 Å². The number of carbonyl (C=O) groups is 1. The molecule has 7 nitrogen and oxygen atoms in total. The molecule has 1 aliphatic carbocycles. The first-order chi connectivity index (χ1) is 20.1. The summed E-state index contributed by atoms with van der Waals surface area (Å²) < 4.78 is 1.99. The Bertz CT molecular complexity index is 1180. The number of anilines is 1. The highest BCUT2D eigenvalue weighted by atomic mass is 16.2. The molecule has 41 heavy (non-hydrogen) atoms. The first-order valence-electron chi connectivity index (χ1n) is 15.9. The molecule has 0 saturated carbocycles. The van der Waals surface area contributed by atoms with Gasteiger partial charge < -0.3 is 4.90 Å². The number of likely N-dealkylation sites (tertiary alicyclic amines) is 1. The van der Waals surface area contributed by atoms with E-state index in [1.807, 2.05) is 25.5 Å². The van der Waals surface area contributed by atoms with Crippen LogP contribution >= 0.6 is 0 Å². The Morgan fingerprint density at radius 3 is 2.15 bits per heavy atom. The lowest BCUT2D eigenvalue weighted by atomic mass is 10.1. The molecule has 0 spiro atoms. The molecule has 222 valence electrons. The number of amides is 1. The maximum Gasteiger partial charge on any atom is 0.293 e. The van der Waals surface area contributed by atoms with Crippen molar-refractivity contribution in [1.29, 1.82) is 0 Å². The standard InChI is InChI=1S/C27H38N4O.C5H6N2.C2H6/c28-25-21-23-20-22-14-9-10-15-24(22)27(23)29-31(25)19-13-6-4-2-1-3-5-8-16-26(32)30-17-11-7-12-18-30;1-5-6-3-2-4-7-5;1-2/h9-10,14-15,21,28H,1-8,11-13,16-20H2;2-4H,1H3;1-2H3/p+1. The molecule has 7 heteroatoms. The van der Waals surface area contributed by atoms with Crippen LogP contribution in [0.5, 0.6) is 0 Å². The summed E-state index contributed by atoms with van der Waals surface area (Å²) in [7, 11) is 0. The Morgan fingerprint density at radius 1 is 0.854 bits per heavy atom. The number of hydrogen-bond donors (Lipinski definition) is 1. The van der Waals surface area contributed by atoms with Crippen LogP contribution in [0.3, 0.4) is 0 Å². The van der Waals surface area contributed by atoms with Crippen molar-refractivity contribution in [3.05, 3.63) is 65.7 Å². The molecule has 2 aliphatic rings. The summed E-state index contributed by atoms with van der Waals surface area (Å²) in [6.07, 6.45) is 18.5. The van der Waals surface area contributed by atoms with Gasteiger partial charge in [0, 0.05) is 50.0 Å². The smallest absolute Gasteiger partial charge is 0.293 e. The number of nitrogens with two attached hydrogens (primary N) is 1. The number of fused-ring (bicyclic) bond motifs is 3. The van der Waals surface area contributed by atoms with E-state index in [0.717, 1.165) is 62.7 Å². The van der Waals surface area contributed by atoms with Crippen LogP contribution in [-0.4, -0.2) is 39.0 Å². The molecule has 0 unspecified atom stereocenters. The van der Waals surface area contributed by atoms with Gasteiger partial charge in [0.1, 0.15) is 18.1 Å². The zero-order valence-corrected chi connectivity index (χ0v) is 25.7. The van der Waals surface area contributed by atoms with Crippen molar-refractivity contribution in [3.63, 3.8) is 0 Å². The highest BCUT2D eigenvalue weighted by molar-refractivity contribution is 5.76. The van der Waals surface area contributed by atoms with Crippen LogP contribution in [0, 0.1) is 6.92 Å². The second-order valence-corrected chi connectivity index (χ2v) is 10.8. The summed E-state index contributed by atoms with van der Waals surface area (Å²) in [5, 5.41) is 4.87. The molecule has 5 rings (SSSR count). The summed E-state index contributed by atoms with van der Waals surface area (Å²) in [5.74, 6) is 1.98. The van der Waals surface area contributed by atoms with Gasteiger partial charge in [-0.3, -0.25) is 10.5 Å². The Labute approximate surface area is 247 Å². The second-order valence-electron chi connectivity index (χ2n) is 10.8. The van der Waals surface area contributed by atoms with E-state index in [1.54, 1.807) is 18.5 Å². The minimum atomic E-state index is 0.380. The van der Waals surface area contributed by atoms with Crippen LogP contribution in [0.1, 0.15) is 108 Å². The lowest BCUT2D eigenvalue weighted by molar-refractivity contribution is -0.739. The Kier molecular flexibility index (Phi) is 14.2. The highest BCUT2D eigenvalue weighted by Crippen LogP contribution is 2.34. The largest absolute Gasteiger partial charge is 0.343 e. The molecule has 1 saturated heterocycles. The quantitative estimate of drug-likeness (QED) is 0.160. The number of nitrogen functional groups attached to an aromatic ring is 1. The number of unbranched alkanes of at least 4 members (excludes halogenated alkanes) is 7. The summed E-state index contributed by atoms with van der Waals surface area (Å²) in [6.45, 7) is 8.72. The first-order valence-corrected chi connectivity index (χ1v) is 15.9. The fraction of sp³-hybridized carbons (Fsp3) is 0.559. The van der Waals surface area contributed by atoms with Crippen LogP contribution in [0.25, 0.3) is 11.3 Å². The van der Waals surface area contributed by atoms with Gasteiger partial charge in [-0.15, -0.1) is 4.68 Å². The monoisotopic (exact) mass is 559 g/mol. The van der Waals surface area contributed by atoms with Gasteiger partial charge in [0.05, 0.1) is 0 Å². The van der Waals surface area contributed by atoms with Crippen molar-refractivity contribution in [2.75, 3.05) is 18.8 Å². The van der Waals surface area contributed by atoms with E-state index in [-0.39, 0.29) is 0 Å². The van der Waals surface area contributed by atoms with Gasteiger partial charge in [-0.1, -0.05) is 75.3 Å². The van der Waals surface area contributed by atoms with Crippen molar-refractivity contribution < 1.29 is 9.48 Å². The van der Waals surface area contributed by atoms with E-state index in [2.05, 4.69) is 45.2 Å². The van der Waals surface area contributed by atoms with Crippen LogP contribution in [0.15, 0.2) is 48.8 Å². The first kappa shape index (κ1) is 32.2. The van der Waals surface area contributed by atoms with Gasteiger partial charge in [-0.2, -0.15) is 0 Å². The maximum absolute atomic E-state index is 12.2. The van der Waals surface area contributed by atoms with Crippen molar-refractivity contribution >= 4 is 11.7 Å². The minimum absolute atomic E-state index is 0.380. The molecular weight excluding hydrogens is 508 g/mol. The van der Waals surface area contributed by atoms with Crippen LogP contribution < -0.4 is 10.4 Å². The third kappa shape index (κ3) is 10.5. The number of nitrogens with zero attached hydrogens (tertiary/aromatic N) is 5. The summed E-state index contributed by atoms with van der Waals surface area (Å²) >= 11 is 0. The average Bonchev–Trinajstić information content (AvgIpc) is 3.37. The zero-order chi connectivity index (χ0) is 29.3. The average molecular weight is 560 g/mol. The number of rotatable bonds is 11. The Hall–Kier alpha value is -3.35. The molecule has 0 radical (unpaired) electrons. The van der Waals surface area contributed by atoms with Gasteiger partial charge in [0.2, 0.25) is 5.91 Å². The van der Waals surface area contributed by atoms with Gasteiger partial charge in [0.25, 0.3) is 5.82 Å². The molecule has 3 heterocycles. The second kappa shape index (κ2) is 18.2.